The molecule has 32 heavy (non-hydrogen) atoms. The van der Waals surface area contributed by atoms with Crippen LogP contribution < -0.4 is 4.90 Å². The molecule has 0 amide bonds. The predicted molar refractivity (Wildman–Crippen MR) is 125 cm³/mol. The van der Waals surface area contributed by atoms with Crippen LogP contribution in [0, 0.1) is 0 Å². The predicted octanol–water partition coefficient (Wildman–Crippen LogP) is 4.00. The second-order valence-electron chi connectivity index (χ2n) is 8.84. The van der Waals surface area contributed by atoms with Gasteiger partial charge in [0.2, 0.25) is 5.95 Å². The van der Waals surface area contributed by atoms with E-state index >= 15 is 0 Å². The van der Waals surface area contributed by atoms with E-state index < -0.39 is 0 Å². The fourth-order valence-corrected chi connectivity index (χ4v) is 5.04. The average Bonchev–Trinajstić information content (AvgIpc) is 3.50. The molecule has 1 saturated carbocycles. The molecular formula is C24H27N7O. The van der Waals surface area contributed by atoms with Crippen LogP contribution in [-0.4, -0.2) is 54.3 Å². The third-order valence-electron chi connectivity index (χ3n) is 6.88. The third-order valence-corrected chi connectivity index (χ3v) is 6.88. The molecule has 4 aromatic rings. The molecule has 0 atom stereocenters. The van der Waals surface area contributed by atoms with E-state index in [0.29, 0.717) is 24.2 Å². The van der Waals surface area contributed by atoms with Crippen molar-refractivity contribution in [3.63, 3.8) is 0 Å². The summed E-state index contributed by atoms with van der Waals surface area (Å²) in [6, 6.07) is 6.99. The van der Waals surface area contributed by atoms with Crippen LogP contribution in [0.4, 0.5) is 5.95 Å². The Morgan fingerprint density at radius 1 is 1.09 bits per heavy atom. The Morgan fingerprint density at radius 3 is 2.81 bits per heavy atom. The summed E-state index contributed by atoms with van der Waals surface area (Å²) >= 11 is 0. The van der Waals surface area contributed by atoms with Gasteiger partial charge in [-0.3, -0.25) is 0 Å². The quantitative estimate of drug-likeness (QED) is 0.476. The number of imidazole rings is 2. The number of aliphatic hydroxyl groups excluding tert-OH is 1. The molecule has 0 saturated heterocycles. The fraction of sp³-hybridized carbons (Fsp3) is 0.417. The first kappa shape index (κ1) is 19.4. The van der Waals surface area contributed by atoms with Gasteiger partial charge in [-0.25, -0.2) is 15.0 Å². The van der Waals surface area contributed by atoms with E-state index in [1.165, 1.54) is 37.6 Å². The summed E-state index contributed by atoms with van der Waals surface area (Å²) < 4.78 is 2.36. The maximum absolute atomic E-state index is 9.39. The molecule has 8 nitrogen and oxygen atoms in total. The molecule has 8 heteroatoms. The first-order valence-corrected chi connectivity index (χ1v) is 11.5. The van der Waals surface area contributed by atoms with E-state index in [4.69, 9.17) is 9.97 Å². The van der Waals surface area contributed by atoms with Crippen molar-refractivity contribution in [2.45, 2.75) is 44.6 Å². The molecule has 1 aromatic carbocycles. The summed E-state index contributed by atoms with van der Waals surface area (Å²) in [4.78, 5) is 24.1. The van der Waals surface area contributed by atoms with Gasteiger partial charge >= 0.3 is 0 Å². The molecule has 1 aliphatic carbocycles. The fourth-order valence-electron chi connectivity index (χ4n) is 5.04. The van der Waals surface area contributed by atoms with E-state index in [1.807, 2.05) is 6.33 Å². The molecule has 0 radical (unpaired) electrons. The van der Waals surface area contributed by atoms with Crippen molar-refractivity contribution >= 4 is 28.1 Å². The minimum absolute atomic E-state index is 0.117. The minimum Gasteiger partial charge on any atom is -0.392 e. The number of rotatable bonds is 4. The Labute approximate surface area is 186 Å². The summed E-state index contributed by atoms with van der Waals surface area (Å²) in [7, 11) is 0. The molecule has 0 spiro atoms. The number of nitrogens with zero attached hydrogens (tertiary/aromatic N) is 6. The smallest absolute Gasteiger partial charge is 0.228 e. The summed E-state index contributed by atoms with van der Waals surface area (Å²) in [5.74, 6) is 0.667. The van der Waals surface area contributed by atoms with E-state index in [2.05, 4.69) is 48.7 Å². The van der Waals surface area contributed by atoms with Crippen molar-refractivity contribution in [2.24, 2.45) is 0 Å². The van der Waals surface area contributed by atoms with Crippen molar-refractivity contribution in [2.75, 3.05) is 24.6 Å². The molecule has 3 aromatic heterocycles. The average molecular weight is 430 g/mol. The van der Waals surface area contributed by atoms with Gasteiger partial charge in [0.15, 0.2) is 5.65 Å². The van der Waals surface area contributed by atoms with Crippen LogP contribution in [0.5, 0.6) is 0 Å². The van der Waals surface area contributed by atoms with Gasteiger partial charge < -0.3 is 19.6 Å². The van der Waals surface area contributed by atoms with Gasteiger partial charge in [-0.2, -0.15) is 4.98 Å². The van der Waals surface area contributed by atoms with Gasteiger partial charge in [0.1, 0.15) is 11.2 Å². The van der Waals surface area contributed by atoms with Crippen LogP contribution >= 0.6 is 0 Å². The Kier molecular flexibility index (Phi) is 4.87. The molecule has 1 fully saturated rings. The van der Waals surface area contributed by atoms with Gasteiger partial charge in [-0.05, 0) is 37.0 Å². The number of aromatic amines is 1. The number of aromatic nitrogens is 6. The van der Waals surface area contributed by atoms with Crippen LogP contribution in [0.25, 0.3) is 33.5 Å². The van der Waals surface area contributed by atoms with Crippen molar-refractivity contribution in [3.8, 4) is 11.3 Å². The van der Waals surface area contributed by atoms with E-state index in [1.54, 1.807) is 6.33 Å². The second kappa shape index (κ2) is 8.02. The molecule has 0 unspecified atom stereocenters. The Morgan fingerprint density at radius 2 is 2.00 bits per heavy atom. The lowest BCUT2D eigenvalue weighted by molar-refractivity contribution is 0.325. The van der Waals surface area contributed by atoms with Crippen molar-refractivity contribution in [3.05, 3.63) is 42.5 Å². The maximum atomic E-state index is 9.39. The lowest BCUT2D eigenvalue weighted by Gasteiger charge is -2.26. The zero-order chi connectivity index (χ0) is 21.5. The van der Waals surface area contributed by atoms with Crippen molar-refractivity contribution in [1.29, 1.82) is 0 Å². The second-order valence-corrected chi connectivity index (χ2v) is 8.84. The first-order valence-electron chi connectivity index (χ1n) is 11.5. The summed E-state index contributed by atoms with van der Waals surface area (Å²) in [5, 5.41) is 9.39. The lowest BCUT2D eigenvalue weighted by Crippen LogP contribution is -2.30. The monoisotopic (exact) mass is 429 g/mol. The van der Waals surface area contributed by atoms with E-state index in [-0.39, 0.29) is 6.61 Å². The van der Waals surface area contributed by atoms with Crippen molar-refractivity contribution < 1.29 is 5.11 Å². The Hall–Kier alpha value is -3.26. The van der Waals surface area contributed by atoms with Gasteiger partial charge in [0, 0.05) is 24.7 Å². The largest absolute Gasteiger partial charge is 0.392 e. The molecule has 1 aliphatic heterocycles. The van der Waals surface area contributed by atoms with Crippen molar-refractivity contribution in [1.82, 2.24) is 29.5 Å². The number of nitrogens with one attached hydrogen (secondary N) is 1. The third kappa shape index (κ3) is 3.35. The highest BCUT2D eigenvalue weighted by Gasteiger charge is 2.20. The minimum atomic E-state index is 0.117. The van der Waals surface area contributed by atoms with E-state index in [0.717, 1.165) is 40.8 Å². The highest BCUT2D eigenvalue weighted by molar-refractivity contribution is 5.91. The summed E-state index contributed by atoms with van der Waals surface area (Å²) in [6.07, 6.45) is 13.0. The van der Waals surface area contributed by atoms with E-state index in [9.17, 15) is 5.11 Å². The SMILES string of the molecule is OCC1=CCN(c2nc(-c3ccc4c(c3)ncn4C3CCCCC3)c3[nH]cnc3n2)CC1. The Bertz CT molecular complexity index is 1300. The number of hydrogen-bond acceptors (Lipinski definition) is 6. The molecule has 2 aliphatic rings. The van der Waals surface area contributed by atoms with Crippen LogP contribution in [-0.2, 0) is 0 Å². The molecule has 4 heterocycles. The molecule has 0 bridgehead atoms. The zero-order valence-electron chi connectivity index (χ0n) is 18.0. The maximum Gasteiger partial charge on any atom is 0.228 e. The first-order chi connectivity index (χ1) is 15.8. The summed E-state index contributed by atoms with van der Waals surface area (Å²) in [6.45, 7) is 1.59. The Balaban J connectivity index is 1.39. The van der Waals surface area contributed by atoms with Crippen LogP contribution in [0.1, 0.15) is 44.6 Å². The number of fused-ring (bicyclic) bond motifs is 2. The normalized spacial score (nSPS) is 17.9. The standard InChI is InChI=1S/C24H27N7O/c32-13-16-8-10-30(11-9-16)24-28-21(22-23(29-24)26-14-25-22)17-6-7-20-19(12-17)27-15-31(20)18-4-2-1-3-5-18/h6-8,12,14-15,18,32H,1-5,9-11,13H2,(H,25,26,28,29). The molecular weight excluding hydrogens is 402 g/mol. The molecule has 2 N–H and O–H groups in total. The number of anilines is 1. The van der Waals surface area contributed by atoms with Gasteiger partial charge in [-0.1, -0.05) is 31.4 Å². The van der Waals surface area contributed by atoms with Gasteiger partial charge in [0.25, 0.3) is 0 Å². The molecule has 6 rings (SSSR count). The van der Waals surface area contributed by atoms with Crippen LogP contribution in [0.2, 0.25) is 0 Å². The van der Waals surface area contributed by atoms with Gasteiger partial charge in [-0.15, -0.1) is 0 Å². The number of hydrogen-bond donors (Lipinski definition) is 2. The molecule has 164 valence electrons. The number of H-pyrrole nitrogens is 1. The number of aliphatic hydroxyl groups is 1. The number of benzene rings is 1. The summed E-state index contributed by atoms with van der Waals surface area (Å²) in [5.41, 5.74) is 6.60. The highest BCUT2D eigenvalue weighted by Crippen LogP contribution is 2.33. The highest BCUT2D eigenvalue weighted by atomic mass is 16.3. The van der Waals surface area contributed by atoms with Crippen LogP contribution in [0.15, 0.2) is 42.5 Å². The van der Waals surface area contributed by atoms with Crippen LogP contribution in [0.3, 0.4) is 0 Å². The topological polar surface area (TPSA) is 95.8 Å². The van der Waals surface area contributed by atoms with Gasteiger partial charge in [0.05, 0.1) is 30.3 Å². The lowest BCUT2D eigenvalue weighted by atomic mass is 9.95. The zero-order valence-corrected chi connectivity index (χ0v) is 18.0.